The molecule has 1 nitrogen and oxygen atoms in total. The topological polar surface area (TPSA) is 12.0 Å². The van der Waals surface area contributed by atoms with Crippen molar-refractivity contribution in [3.8, 4) is 0 Å². The molecule has 0 amide bonds. The van der Waals surface area contributed by atoms with Crippen LogP contribution >= 0.6 is 11.6 Å². The summed E-state index contributed by atoms with van der Waals surface area (Å²) in [6.07, 6.45) is -2.92. The van der Waals surface area contributed by atoms with Crippen molar-refractivity contribution in [3.05, 3.63) is 41.4 Å². The van der Waals surface area contributed by atoms with E-state index in [0.29, 0.717) is 0 Å². The lowest BCUT2D eigenvalue weighted by Crippen LogP contribution is -2.16. The van der Waals surface area contributed by atoms with Gasteiger partial charge in [0.15, 0.2) is 0 Å². The van der Waals surface area contributed by atoms with Crippen molar-refractivity contribution in [2.75, 3.05) is 5.32 Å². The van der Waals surface area contributed by atoms with Gasteiger partial charge in [0.05, 0.1) is 16.3 Å². The molecule has 0 radical (unpaired) electrons. The van der Waals surface area contributed by atoms with Crippen molar-refractivity contribution in [3.63, 3.8) is 0 Å². The molecule has 0 aliphatic carbocycles. The SMILES string of the molecule is C=CC(C)Nc1c(Cl)cccc1C(F)(F)F. The Morgan fingerprint density at radius 3 is 2.56 bits per heavy atom. The van der Waals surface area contributed by atoms with Crippen molar-refractivity contribution in [1.82, 2.24) is 0 Å². The van der Waals surface area contributed by atoms with E-state index < -0.39 is 11.7 Å². The Balaban J connectivity index is 3.19. The maximum atomic E-state index is 12.7. The highest BCUT2D eigenvalue weighted by atomic mass is 35.5. The van der Waals surface area contributed by atoms with Gasteiger partial charge in [-0.05, 0) is 19.1 Å². The largest absolute Gasteiger partial charge is 0.418 e. The Hall–Kier alpha value is -1.16. The van der Waals surface area contributed by atoms with Gasteiger partial charge in [-0.3, -0.25) is 0 Å². The Morgan fingerprint density at radius 2 is 2.06 bits per heavy atom. The lowest BCUT2D eigenvalue weighted by Gasteiger charge is -2.18. The molecule has 1 atom stereocenters. The van der Waals surface area contributed by atoms with Crippen molar-refractivity contribution in [1.29, 1.82) is 0 Å². The average Bonchev–Trinajstić information content (AvgIpc) is 2.19. The Morgan fingerprint density at radius 1 is 1.44 bits per heavy atom. The second-order valence-electron chi connectivity index (χ2n) is 3.33. The summed E-state index contributed by atoms with van der Waals surface area (Å²) >= 11 is 5.74. The molecule has 16 heavy (non-hydrogen) atoms. The first-order valence-electron chi connectivity index (χ1n) is 4.61. The van der Waals surface area contributed by atoms with Crippen LogP contribution in [0.5, 0.6) is 0 Å². The van der Waals surface area contributed by atoms with E-state index in [1.165, 1.54) is 18.2 Å². The molecule has 1 unspecified atom stereocenters. The molecule has 0 aromatic heterocycles. The van der Waals surface area contributed by atoms with Gasteiger partial charge in [0.2, 0.25) is 0 Å². The predicted octanol–water partition coefficient (Wildman–Crippen LogP) is 4.35. The van der Waals surface area contributed by atoms with Gasteiger partial charge in [-0.25, -0.2) is 0 Å². The summed E-state index contributed by atoms with van der Waals surface area (Å²) in [5.41, 5.74) is -0.877. The standard InChI is InChI=1S/C11H11ClF3N/c1-3-7(2)16-10-8(11(13,14)15)5-4-6-9(10)12/h3-7,16H,1H2,2H3. The Kier molecular flexibility index (Phi) is 3.86. The van der Waals surface area contributed by atoms with Crippen LogP contribution in [0.4, 0.5) is 18.9 Å². The molecule has 0 aliphatic rings. The van der Waals surface area contributed by atoms with E-state index >= 15 is 0 Å². The molecule has 88 valence electrons. The minimum atomic E-state index is -4.42. The summed E-state index contributed by atoms with van der Waals surface area (Å²) in [5, 5.41) is 2.71. The van der Waals surface area contributed by atoms with Crippen molar-refractivity contribution in [2.45, 2.75) is 19.1 Å². The number of benzene rings is 1. The quantitative estimate of drug-likeness (QED) is 0.786. The third-order valence-corrected chi connectivity index (χ3v) is 2.36. The summed E-state index contributed by atoms with van der Waals surface area (Å²) < 4.78 is 38.0. The molecule has 0 saturated carbocycles. The molecule has 1 aromatic rings. The van der Waals surface area contributed by atoms with E-state index in [4.69, 9.17) is 11.6 Å². The number of para-hydroxylation sites is 1. The van der Waals surface area contributed by atoms with E-state index in [-0.39, 0.29) is 16.8 Å². The monoisotopic (exact) mass is 249 g/mol. The minimum absolute atomic E-state index is 0.0449. The van der Waals surface area contributed by atoms with Gasteiger partial charge in [0.1, 0.15) is 0 Å². The second kappa shape index (κ2) is 4.78. The van der Waals surface area contributed by atoms with Crippen molar-refractivity contribution < 1.29 is 13.2 Å². The van der Waals surface area contributed by atoms with E-state index in [0.717, 1.165) is 6.07 Å². The number of hydrogen-bond acceptors (Lipinski definition) is 1. The molecule has 0 spiro atoms. The van der Waals surface area contributed by atoms with Crippen LogP contribution in [-0.2, 0) is 6.18 Å². The zero-order valence-electron chi connectivity index (χ0n) is 8.61. The molecule has 1 rings (SSSR count). The number of nitrogens with one attached hydrogen (secondary N) is 1. The summed E-state index contributed by atoms with van der Waals surface area (Å²) in [6, 6.07) is 3.38. The Labute approximate surface area is 96.9 Å². The molecule has 1 aromatic carbocycles. The van der Waals surface area contributed by atoms with Crippen molar-refractivity contribution in [2.24, 2.45) is 0 Å². The van der Waals surface area contributed by atoms with Crippen LogP contribution in [0.15, 0.2) is 30.9 Å². The van der Waals surface area contributed by atoms with E-state index in [1.807, 2.05) is 0 Å². The van der Waals surface area contributed by atoms with Gasteiger partial charge in [0, 0.05) is 6.04 Å². The number of hydrogen-bond donors (Lipinski definition) is 1. The van der Waals surface area contributed by atoms with Crippen LogP contribution in [0.3, 0.4) is 0 Å². The number of alkyl halides is 3. The molecular weight excluding hydrogens is 239 g/mol. The average molecular weight is 250 g/mol. The van der Waals surface area contributed by atoms with Crippen LogP contribution in [0.2, 0.25) is 5.02 Å². The van der Waals surface area contributed by atoms with Gasteiger partial charge in [-0.1, -0.05) is 23.7 Å². The summed E-state index contributed by atoms with van der Waals surface area (Å²) in [4.78, 5) is 0. The number of rotatable bonds is 3. The maximum absolute atomic E-state index is 12.7. The molecule has 0 saturated heterocycles. The fourth-order valence-corrected chi connectivity index (χ4v) is 1.42. The third-order valence-electron chi connectivity index (χ3n) is 2.04. The molecule has 5 heteroatoms. The van der Waals surface area contributed by atoms with E-state index in [9.17, 15) is 13.2 Å². The Bertz CT molecular complexity index is 387. The maximum Gasteiger partial charge on any atom is 0.418 e. The van der Waals surface area contributed by atoms with Crippen LogP contribution in [-0.4, -0.2) is 6.04 Å². The van der Waals surface area contributed by atoms with Gasteiger partial charge in [0.25, 0.3) is 0 Å². The summed E-state index contributed by atoms with van der Waals surface area (Å²) in [6.45, 7) is 5.18. The van der Waals surface area contributed by atoms with E-state index in [2.05, 4.69) is 11.9 Å². The first-order valence-corrected chi connectivity index (χ1v) is 4.99. The molecule has 0 aliphatic heterocycles. The van der Waals surface area contributed by atoms with Gasteiger partial charge < -0.3 is 5.32 Å². The highest BCUT2D eigenvalue weighted by Crippen LogP contribution is 2.38. The summed E-state index contributed by atoms with van der Waals surface area (Å²) in [5.74, 6) is 0. The fourth-order valence-electron chi connectivity index (χ4n) is 1.19. The minimum Gasteiger partial charge on any atom is -0.377 e. The molecule has 0 fully saturated rings. The fraction of sp³-hybridized carbons (Fsp3) is 0.273. The van der Waals surface area contributed by atoms with Crippen LogP contribution in [0.1, 0.15) is 12.5 Å². The highest BCUT2D eigenvalue weighted by molar-refractivity contribution is 6.33. The molecule has 0 bridgehead atoms. The lowest BCUT2D eigenvalue weighted by atomic mass is 10.1. The predicted molar refractivity (Wildman–Crippen MR) is 59.7 cm³/mol. The van der Waals surface area contributed by atoms with Crippen LogP contribution in [0.25, 0.3) is 0 Å². The second-order valence-corrected chi connectivity index (χ2v) is 3.74. The highest BCUT2D eigenvalue weighted by Gasteiger charge is 2.34. The van der Waals surface area contributed by atoms with Gasteiger partial charge in [-0.2, -0.15) is 13.2 Å². The smallest absolute Gasteiger partial charge is 0.377 e. The first-order chi connectivity index (χ1) is 7.36. The summed E-state index contributed by atoms with van der Waals surface area (Å²) in [7, 11) is 0. The molecular formula is C11H11ClF3N. The zero-order chi connectivity index (χ0) is 12.3. The number of anilines is 1. The lowest BCUT2D eigenvalue weighted by molar-refractivity contribution is -0.136. The van der Waals surface area contributed by atoms with Crippen molar-refractivity contribution >= 4 is 17.3 Å². The normalized spacial score (nSPS) is 13.3. The van der Waals surface area contributed by atoms with Crippen LogP contribution < -0.4 is 5.32 Å². The van der Waals surface area contributed by atoms with Gasteiger partial charge in [-0.15, -0.1) is 6.58 Å². The molecule has 0 heterocycles. The third kappa shape index (κ3) is 2.92. The first kappa shape index (κ1) is 12.9. The zero-order valence-corrected chi connectivity index (χ0v) is 9.36. The van der Waals surface area contributed by atoms with Gasteiger partial charge >= 0.3 is 6.18 Å². The van der Waals surface area contributed by atoms with Crippen LogP contribution in [0, 0.1) is 0 Å². The van der Waals surface area contributed by atoms with E-state index in [1.54, 1.807) is 6.92 Å². The number of halogens is 4. The molecule has 1 N–H and O–H groups in total.